The lowest BCUT2D eigenvalue weighted by Gasteiger charge is -2.31. The Bertz CT molecular complexity index is 1190. The summed E-state index contributed by atoms with van der Waals surface area (Å²) in [5, 5.41) is 0.985. The Labute approximate surface area is 177 Å². The summed E-state index contributed by atoms with van der Waals surface area (Å²) in [6.45, 7) is 4.76. The summed E-state index contributed by atoms with van der Waals surface area (Å²) in [4.78, 5) is 15.4. The van der Waals surface area contributed by atoms with E-state index in [0.717, 1.165) is 40.4 Å². The van der Waals surface area contributed by atoms with Crippen LogP contribution in [0.5, 0.6) is 0 Å². The van der Waals surface area contributed by atoms with Crippen LogP contribution in [0.25, 0.3) is 22.0 Å². The second-order valence-electron chi connectivity index (χ2n) is 7.99. The van der Waals surface area contributed by atoms with Gasteiger partial charge in [0.1, 0.15) is 0 Å². The van der Waals surface area contributed by atoms with E-state index in [1.165, 1.54) is 5.56 Å². The molecule has 7 heteroatoms. The van der Waals surface area contributed by atoms with Crippen molar-refractivity contribution in [1.29, 1.82) is 0 Å². The van der Waals surface area contributed by atoms with E-state index >= 15 is 0 Å². The number of sulfonamides is 1. The van der Waals surface area contributed by atoms with E-state index in [1.807, 2.05) is 43.5 Å². The predicted molar refractivity (Wildman–Crippen MR) is 120 cm³/mol. The van der Waals surface area contributed by atoms with Crippen LogP contribution in [0.15, 0.2) is 42.6 Å². The minimum Gasteiger partial charge on any atom is -0.366 e. The van der Waals surface area contributed by atoms with Crippen molar-refractivity contribution in [3.8, 4) is 11.1 Å². The Morgan fingerprint density at radius 1 is 1.13 bits per heavy atom. The second kappa shape index (κ2) is 7.89. The van der Waals surface area contributed by atoms with Crippen LogP contribution in [0, 0.1) is 6.92 Å². The maximum absolute atomic E-state index is 12.2. The number of H-pyrrole nitrogens is 1. The third-order valence-corrected chi connectivity index (χ3v) is 8.01. The molecule has 1 fully saturated rings. The number of aromatic amines is 1. The van der Waals surface area contributed by atoms with Gasteiger partial charge in [-0.1, -0.05) is 29.8 Å². The van der Waals surface area contributed by atoms with Gasteiger partial charge in [0, 0.05) is 24.7 Å². The summed E-state index contributed by atoms with van der Waals surface area (Å²) >= 11 is 0. The van der Waals surface area contributed by atoms with Crippen LogP contribution >= 0.6 is 0 Å². The topological polar surface area (TPSA) is 96.3 Å². The highest BCUT2D eigenvalue weighted by atomic mass is 32.2. The highest BCUT2D eigenvalue weighted by Crippen LogP contribution is 2.37. The lowest BCUT2D eigenvalue weighted by molar-refractivity contribution is 0.100. The number of carbonyl (C=O) groups is 1. The van der Waals surface area contributed by atoms with Gasteiger partial charge in [0.2, 0.25) is 10.0 Å². The number of nitrogens with zero attached hydrogens (tertiary/aromatic N) is 1. The Hall–Kier alpha value is -2.64. The van der Waals surface area contributed by atoms with Gasteiger partial charge in [-0.15, -0.1) is 0 Å². The van der Waals surface area contributed by atoms with E-state index in [-0.39, 0.29) is 11.7 Å². The lowest BCUT2D eigenvalue weighted by atomic mass is 9.88. The zero-order valence-electron chi connectivity index (χ0n) is 17.3. The molecule has 0 radical (unpaired) electrons. The first-order valence-corrected chi connectivity index (χ1v) is 11.9. The number of nitrogens with one attached hydrogen (secondary N) is 1. The molecule has 3 N–H and O–H groups in total. The molecule has 2 heterocycles. The van der Waals surface area contributed by atoms with Crippen LogP contribution in [0.2, 0.25) is 0 Å². The molecular weight excluding hydrogens is 398 g/mol. The fourth-order valence-electron chi connectivity index (χ4n) is 4.33. The number of fused-ring (bicyclic) bond motifs is 1. The van der Waals surface area contributed by atoms with Crippen molar-refractivity contribution < 1.29 is 13.2 Å². The number of benzene rings is 2. The fourth-order valence-corrected chi connectivity index (χ4v) is 5.46. The standard InChI is InChI=1S/C23H27N3O3S/c1-3-30(28,29)26-10-8-17(9-11-26)21-14-25-22-19(21)12-18(13-20(22)23(24)27)16-6-4-15(2)5-7-16/h4-7,12-14,17,25H,3,8-11H2,1-2H3,(H2,24,27). The molecule has 3 aromatic rings. The molecule has 1 aliphatic heterocycles. The zero-order valence-corrected chi connectivity index (χ0v) is 18.1. The van der Waals surface area contributed by atoms with Gasteiger partial charge in [-0.05, 0) is 61.4 Å². The molecule has 1 aromatic heterocycles. The van der Waals surface area contributed by atoms with Crippen molar-refractivity contribution in [2.45, 2.75) is 32.6 Å². The second-order valence-corrected chi connectivity index (χ2v) is 10.3. The first-order valence-electron chi connectivity index (χ1n) is 10.3. The number of hydrogen-bond acceptors (Lipinski definition) is 3. The van der Waals surface area contributed by atoms with Crippen LogP contribution in [0.3, 0.4) is 0 Å². The van der Waals surface area contributed by atoms with Crippen molar-refractivity contribution in [2.24, 2.45) is 5.73 Å². The highest BCUT2D eigenvalue weighted by Gasteiger charge is 2.29. The highest BCUT2D eigenvalue weighted by molar-refractivity contribution is 7.89. The minimum atomic E-state index is -3.16. The number of primary amides is 1. The average Bonchev–Trinajstić information content (AvgIpc) is 3.17. The summed E-state index contributed by atoms with van der Waals surface area (Å²) in [6, 6.07) is 12.1. The number of aryl methyl sites for hydroxylation is 1. The maximum Gasteiger partial charge on any atom is 0.250 e. The maximum atomic E-state index is 12.2. The molecule has 0 atom stereocenters. The van der Waals surface area contributed by atoms with Crippen LogP contribution in [-0.2, 0) is 10.0 Å². The smallest absolute Gasteiger partial charge is 0.250 e. The third kappa shape index (κ3) is 3.75. The molecule has 4 rings (SSSR count). The number of rotatable bonds is 5. The molecule has 30 heavy (non-hydrogen) atoms. The summed E-state index contributed by atoms with van der Waals surface area (Å²) < 4.78 is 25.9. The Kier molecular flexibility index (Phi) is 5.42. The van der Waals surface area contributed by atoms with Crippen molar-refractivity contribution >= 4 is 26.8 Å². The van der Waals surface area contributed by atoms with Crippen molar-refractivity contribution in [3.63, 3.8) is 0 Å². The van der Waals surface area contributed by atoms with Gasteiger partial charge in [0.25, 0.3) is 5.91 Å². The lowest BCUT2D eigenvalue weighted by Crippen LogP contribution is -2.38. The number of amides is 1. The van der Waals surface area contributed by atoms with Gasteiger partial charge in [0.05, 0.1) is 16.8 Å². The molecule has 1 aliphatic rings. The Morgan fingerprint density at radius 2 is 1.80 bits per heavy atom. The molecule has 0 bridgehead atoms. The van der Waals surface area contributed by atoms with E-state index < -0.39 is 15.9 Å². The predicted octanol–water partition coefficient (Wildman–Crippen LogP) is 3.77. The molecule has 1 amide bonds. The van der Waals surface area contributed by atoms with E-state index in [1.54, 1.807) is 11.2 Å². The zero-order chi connectivity index (χ0) is 21.5. The van der Waals surface area contributed by atoms with Crippen molar-refractivity contribution in [3.05, 3.63) is 59.3 Å². The number of nitrogens with two attached hydrogens (primary N) is 1. The number of hydrogen-bond donors (Lipinski definition) is 2. The third-order valence-electron chi connectivity index (χ3n) is 6.12. The molecule has 2 aromatic carbocycles. The number of aromatic nitrogens is 1. The number of piperidine rings is 1. The number of carbonyl (C=O) groups excluding carboxylic acids is 1. The van der Waals surface area contributed by atoms with Gasteiger partial charge in [0.15, 0.2) is 0 Å². The normalized spacial score (nSPS) is 16.2. The SMILES string of the molecule is CCS(=O)(=O)N1CCC(c2c[nH]c3c(C(N)=O)cc(-c4ccc(C)cc4)cc23)CC1. The molecule has 0 aliphatic carbocycles. The molecule has 1 saturated heterocycles. The summed E-state index contributed by atoms with van der Waals surface area (Å²) in [5.74, 6) is -0.102. The van der Waals surface area contributed by atoms with E-state index in [9.17, 15) is 13.2 Å². The van der Waals surface area contributed by atoms with Crippen LogP contribution in [-0.4, -0.2) is 42.5 Å². The summed E-state index contributed by atoms with van der Waals surface area (Å²) in [6.07, 6.45) is 3.46. The molecule has 6 nitrogen and oxygen atoms in total. The Morgan fingerprint density at radius 3 is 2.40 bits per heavy atom. The first kappa shape index (κ1) is 20.6. The fraction of sp³-hybridized carbons (Fsp3) is 0.348. The van der Waals surface area contributed by atoms with E-state index in [2.05, 4.69) is 11.1 Å². The largest absolute Gasteiger partial charge is 0.366 e. The van der Waals surface area contributed by atoms with Gasteiger partial charge >= 0.3 is 0 Å². The van der Waals surface area contributed by atoms with Crippen molar-refractivity contribution in [1.82, 2.24) is 9.29 Å². The van der Waals surface area contributed by atoms with E-state index in [4.69, 9.17) is 5.73 Å². The first-order chi connectivity index (χ1) is 14.3. The van der Waals surface area contributed by atoms with Crippen LogP contribution in [0.1, 0.15) is 47.2 Å². The molecular formula is C23H27N3O3S. The van der Waals surface area contributed by atoms with Gasteiger partial charge in [-0.25, -0.2) is 12.7 Å². The summed E-state index contributed by atoms with van der Waals surface area (Å²) in [5.41, 5.74) is 11.2. The molecule has 0 unspecified atom stereocenters. The van der Waals surface area contributed by atoms with Gasteiger partial charge in [-0.3, -0.25) is 4.79 Å². The monoisotopic (exact) mass is 425 g/mol. The van der Waals surface area contributed by atoms with Crippen LogP contribution in [0.4, 0.5) is 0 Å². The minimum absolute atomic E-state index is 0.132. The quantitative estimate of drug-likeness (QED) is 0.651. The average molecular weight is 426 g/mol. The summed E-state index contributed by atoms with van der Waals surface area (Å²) in [7, 11) is -3.16. The Balaban J connectivity index is 1.73. The molecule has 0 spiro atoms. The van der Waals surface area contributed by atoms with Crippen LogP contribution < -0.4 is 5.73 Å². The van der Waals surface area contributed by atoms with Gasteiger partial charge in [-0.2, -0.15) is 0 Å². The molecule has 0 saturated carbocycles. The van der Waals surface area contributed by atoms with Crippen molar-refractivity contribution in [2.75, 3.05) is 18.8 Å². The van der Waals surface area contributed by atoms with E-state index in [0.29, 0.717) is 18.7 Å². The van der Waals surface area contributed by atoms with Gasteiger partial charge < -0.3 is 10.7 Å². The molecule has 158 valence electrons.